The van der Waals surface area contributed by atoms with Gasteiger partial charge >= 0.3 is 0 Å². The molecule has 0 bridgehead atoms. The molecule has 0 spiro atoms. The van der Waals surface area contributed by atoms with E-state index in [1.54, 1.807) is 6.92 Å². The molecule has 1 aliphatic rings. The summed E-state index contributed by atoms with van der Waals surface area (Å²) in [5.74, 6) is 0.854. The lowest BCUT2D eigenvalue weighted by molar-refractivity contribution is -0.132. The van der Waals surface area contributed by atoms with Gasteiger partial charge < -0.3 is 15.0 Å². The van der Waals surface area contributed by atoms with Crippen molar-refractivity contribution >= 4 is 23.4 Å². The number of alkyl halides is 1. The number of piperidine rings is 1. The van der Waals surface area contributed by atoms with Crippen LogP contribution in [-0.2, 0) is 15.0 Å². The number of nitrogens with zero attached hydrogens (tertiary/aromatic N) is 1. The molecule has 5 nitrogen and oxygen atoms in total. The highest BCUT2D eigenvalue weighted by atomic mass is 35.5. The maximum Gasteiger partial charge on any atom is 0.237 e. The molecule has 0 saturated carbocycles. The van der Waals surface area contributed by atoms with Gasteiger partial charge in [0.25, 0.3) is 0 Å². The van der Waals surface area contributed by atoms with Gasteiger partial charge in [-0.2, -0.15) is 0 Å². The van der Waals surface area contributed by atoms with Crippen molar-refractivity contribution in [2.45, 2.75) is 70.2 Å². The Labute approximate surface area is 173 Å². The molecular formula is C22H33ClN2O3. The number of ether oxygens (including phenoxy) is 1. The van der Waals surface area contributed by atoms with Gasteiger partial charge in [0, 0.05) is 25.6 Å². The first-order chi connectivity index (χ1) is 13.2. The van der Waals surface area contributed by atoms with E-state index in [1.807, 2.05) is 17.0 Å². The summed E-state index contributed by atoms with van der Waals surface area (Å²) in [6, 6.07) is 8.27. The molecule has 6 heteroatoms. The van der Waals surface area contributed by atoms with Crippen LogP contribution in [0.5, 0.6) is 5.75 Å². The molecular weight excluding hydrogens is 376 g/mol. The highest BCUT2D eigenvalue weighted by Gasteiger charge is 2.24. The van der Waals surface area contributed by atoms with Gasteiger partial charge in [0.05, 0.1) is 6.61 Å². The van der Waals surface area contributed by atoms with Crippen LogP contribution in [0, 0.1) is 0 Å². The van der Waals surface area contributed by atoms with Gasteiger partial charge in [0.15, 0.2) is 0 Å². The number of rotatable bonds is 7. The first-order valence-electron chi connectivity index (χ1n) is 10.1. The van der Waals surface area contributed by atoms with Crippen LogP contribution in [-0.4, -0.2) is 47.8 Å². The lowest BCUT2D eigenvalue weighted by Crippen LogP contribution is -2.47. The standard InChI is InChI=1S/C22H33ClN2O3/c1-16(23)21(27)24-18-11-13-25(14-12-18)20(26)6-5-15-28-19-9-7-17(8-10-19)22(2,3)4/h7-10,16,18H,5-6,11-15H2,1-4H3,(H,24,27). The van der Waals surface area contributed by atoms with Gasteiger partial charge in [0.2, 0.25) is 11.8 Å². The average molecular weight is 409 g/mol. The van der Waals surface area contributed by atoms with Crippen molar-refractivity contribution in [1.82, 2.24) is 10.2 Å². The van der Waals surface area contributed by atoms with Crippen molar-refractivity contribution in [2.75, 3.05) is 19.7 Å². The van der Waals surface area contributed by atoms with Gasteiger partial charge in [-0.1, -0.05) is 32.9 Å². The van der Waals surface area contributed by atoms with Crippen LogP contribution in [0.1, 0.15) is 58.9 Å². The summed E-state index contributed by atoms with van der Waals surface area (Å²) in [6.07, 6.45) is 2.73. The van der Waals surface area contributed by atoms with E-state index in [4.69, 9.17) is 16.3 Å². The molecule has 1 heterocycles. The molecule has 0 aliphatic carbocycles. The van der Waals surface area contributed by atoms with Crippen LogP contribution in [0.2, 0.25) is 0 Å². The van der Waals surface area contributed by atoms with E-state index in [9.17, 15) is 9.59 Å². The molecule has 28 heavy (non-hydrogen) atoms. The SMILES string of the molecule is CC(Cl)C(=O)NC1CCN(C(=O)CCCOc2ccc(C(C)(C)C)cc2)CC1. The number of amides is 2. The number of carbonyl (C=O) groups excluding carboxylic acids is 2. The fourth-order valence-corrected chi connectivity index (χ4v) is 3.27. The number of benzene rings is 1. The Kier molecular flexibility index (Phi) is 8.17. The molecule has 1 aromatic rings. The summed E-state index contributed by atoms with van der Waals surface area (Å²) in [6.45, 7) is 10.1. The molecule has 0 radical (unpaired) electrons. The number of nitrogens with one attached hydrogen (secondary N) is 1. The molecule has 2 amide bonds. The summed E-state index contributed by atoms with van der Waals surface area (Å²) >= 11 is 5.78. The highest BCUT2D eigenvalue weighted by Crippen LogP contribution is 2.24. The smallest absolute Gasteiger partial charge is 0.237 e. The normalized spacial score (nSPS) is 16.5. The van der Waals surface area contributed by atoms with Crippen molar-refractivity contribution in [3.8, 4) is 5.75 Å². The van der Waals surface area contributed by atoms with Gasteiger partial charge in [-0.25, -0.2) is 0 Å². The molecule has 1 aromatic carbocycles. The van der Waals surface area contributed by atoms with Gasteiger partial charge in [0.1, 0.15) is 11.1 Å². The topological polar surface area (TPSA) is 58.6 Å². The first-order valence-corrected chi connectivity index (χ1v) is 10.6. The fourth-order valence-electron chi connectivity index (χ4n) is 3.21. The molecule has 1 saturated heterocycles. The molecule has 156 valence electrons. The van der Waals surface area contributed by atoms with Crippen LogP contribution in [0.15, 0.2) is 24.3 Å². The van der Waals surface area contributed by atoms with E-state index in [1.165, 1.54) is 5.56 Å². The highest BCUT2D eigenvalue weighted by molar-refractivity contribution is 6.30. The van der Waals surface area contributed by atoms with Gasteiger partial charge in [-0.3, -0.25) is 9.59 Å². The Balaban J connectivity index is 1.65. The van der Waals surface area contributed by atoms with E-state index in [-0.39, 0.29) is 23.3 Å². The third-order valence-electron chi connectivity index (χ3n) is 5.08. The van der Waals surface area contributed by atoms with Crippen LogP contribution >= 0.6 is 11.6 Å². The lowest BCUT2D eigenvalue weighted by atomic mass is 9.87. The minimum atomic E-state index is -0.524. The van der Waals surface area contributed by atoms with E-state index in [0.717, 1.165) is 18.6 Å². The zero-order chi connectivity index (χ0) is 20.7. The predicted molar refractivity (Wildman–Crippen MR) is 113 cm³/mol. The lowest BCUT2D eigenvalue weighted by Gasteiger charge is -2.32. The van der Waals surface area contributed by atoms with Crippen molar-refractivity contribution in [2.24, 2.45) is 0 Å². The zero-order valence-corrected chi connectivity index (χ0v) is 18.2. The number of hydrogen-bond donors (Lipinski definition) is 1. The average Bonchev–Trinajstić information content (AvgIpc) is 2.65. The molecule has 1 atom stereocenters. The van der Waals surface area contributed by atoms with E-state index < -0.39 is 5.38 Å². The third kappa shape index (κ3) is 7.01. The second kappa shape index (κ2) is 10.1. The van der Waals surface area contributed by atoms with Gasteiger partial charge in [-0.15, -0.1) is 11.6 Å². The predicted octanol–water partition coefficient (Wildman–Crippen LogP) is 3.88. The van der Waals surface area contributed by atoms with E-state index in [2.05, 4.69) is 38.2 Å². The number of halogens is 1. The quantitative estimate of drug-likeness (QED) is 0.550. The van der Waals surface area contributed by atoms with Crippen molar-refractivity contribution < 1.29 is 14.3 Å². The van der Waals surface area contributed by atoms with E-state index >= 15 is 0 Å². The Morgan fingerprint density at radius 3 is 2.36 bits per heavy atom. The minimum Gasteiger partial charge on any atom is -0.494 e. The Hall–Kier alpha value is -1.75. The second-order valence-corrected chi connectivity index (χ2v) is 9.16. The summed E-state index contributed by atoms with van der Waals surface area (Å²) in [5, 5.41) is 2.41. The summed E-state index contributed by atoms with van der Waals surface area (Å²) in [5.41, 5.74) is 1.40. The van der Waals surface area contributed by atoms with Crippen LogP contribution in [0.3, 0.4) is 0 Å². The molecule has 1 fully saturated rings. The van der Waals surface area contributed by atoms with Crippen LogP contribution in [0.4, 0.5) is 0 Å². The Bertz CT molecular complexity index is 645. The second-order valence-electron chi connectivity index (χ2n) is 8.51. The Morgan fingerprint density at radius 2 is 1.82 bits per heavy atom. The number of hydrogen-bond acceptors (Lipinski definition) is 3. The molecule has 2 rings (SSSR count). The third-order valence-corrected chi connectivity index (χ3v) is 5.28. The fraction of sp³-hybridized carbons (Fsp3) is 0.636. The van der Waals surface area contributed by atoms with Gasteiger partial charge in [-0.05, 0) is 49.3 Å². The summed E-state index contributed by atoms with van der Waals surface area (Å²) in [4.78, 5) is 25.9. The maximum absolute atomic E-state index is 12.4. The molecule has 1 N–H and O–H groups in total. The summed E-state index contributed by atoms with van der Waals surface area (Å²) in [7, 11) is 0. The van der Waals surface area contributed by atoms with Crippen molar-refractivity contribution in [1.29, 1.82) is 0 Å². The van der Waals surface area contributed by atoms with E-state index in [0.29, 0.717) is 32.5 Å². The molecule has 1 unspecified atom stereocenters. The van der Waals surface area contributed by atoms with Crippen molar-refractivity contribution in [3.63, 3.8) is 0 Å². The molecule has 1 aliphatic heterocycles. The number of carbonyl (C=O) groups is 2. The van der Waals surface area contributed by atoms with Crippen LogP contribution < -0.4 is 10.1 Å². The summed E-state index contributed by atoms with van der Waals surface area (Å²) < 4.78 is 5.76. The first kappa shape index (κ1) is 22.5. The minimum absolute atomic E-state index is 0.108. The Morgan fingerprint density at radius 1 is 1.21 bits per heavy atom. The monoisotopic (exact) mass is 408 g/mol. The number of likely N-dealkylation sites (tertiary alicyclic amines) is 1. The van der Waals surface area contributed by atoms with Crippen LogP contribution in [0.25, 0.3) is 0 Å². The van der Waals surface area contributed by atoms with Crippen molar-refractivity contribution in [3.05, 3.63) is 29.8 Å². The molecule has 0 aromatic heterocycles. The zero-order valence-electron chi connectivity index (χ0n) is 17.5. The largest absolute Gasteiger partial charge is 0.494 e. The maximum atomic E-state index is 12.4.